The summed E-state index contributed by atoms with van der Waals surface area (Å²) in [5.41, 5.74) is 5.10. The molecule has 1 aromatic rings. The summed E-state index contributed by atoms with van der Waals surface area (Å²) in [6, 6.07) is 2.03. The van der Waals surface area contributed by atoms with Gasteiger partial charge in [-0.25, -0.2) is 4.79 Å². The highest BCUT2D eigenvalue weighted by molar-refractivity contribution is 7.80. The fourth-order valence-electron chi connectivity index (χ4n) is 1.53. The molecule has 0 saturated heterocycles. The maximum absolute atomic E-state index is 12.0. The highest BCUT2D eigenvalue weighted by Gasteiger charge is 2.17. The smallest absolute Gasteiger partial charge is 0.318 e. The molecule has 4 N–H and O–H groups in total. The lowest BCUT2D eigenvalue weighted by Crippen LogP contribution is -2.44. The lowest BCUT2D eigenvalue weighted by molar-refractivity contribution is 0.0976. The Bertz CT molecular complexity index is 551. The Balaban J connectivity index is 3.05. The molecular formula is C12H15N3O5S. The van der Waals surface area contributed by atoms with Gasteiger partial charge in [-0.05, 0) is 24.4 Å². The molecular weight excluding hydrogens is 298 g/mol. The van der Waals surface area contributed by atoms with Crippen LogP contribution in [0.2, 0.25) is 0 Å². The summed E-state index contributed by atoms with van der Waals surface area (Å²) < 4.78 is 15.4. The molecule has 1 rings (SSSR count). The third-order valence-corrected chi connectivity index (χ3v) is 2.59. The number of carbonyl (C=O) groups is 2. The van der Waals surface area contributed by atoms with Gasteiger partial charge >= 0.3 is 6.03 Å². The van der Waals surface area contributed by atoms with E-state index in [9.17, 15) is 9.59 Å². The molecule has 0 radical (unpaired) electrons. The number of nitrogens with two attached hydrogens (primary N) is 1. The van der Waals surface area contributed by atoms with Crippen LogP contribution in [0.3, 0.4) is 0 Å². The quantitative estimate of drug-likeness (QED) is 0.694. The minimum Gasteiger partial charge on any atom is -0.493 e. The number of methoxy groups -OCH3 is 3. The minimum absolute atomic E-state index is 0.207. The van der Waals surface area contributed by atoms with Crippen molar-refractivity contribution in [3.63, 3.8) is 0 Å². The molecule has 0 heterocycles. The normalized spacial score (nSPS) is 9.48. The zero-order valence-corrected chi connectivity index (χ0v) is 12.5. The Morgan fingerprint density at radius 1 is 1.05 bits per heavy atom. The van der Waals surface area contributed by atoms with Gasteiger partial charge in [0.1, 0.15) is 0 Å². The van der Waals surface area contributed by atoms with Crippen LogP contribution in [0.4, 0.5) is 4.79 Å². The average molecular weight is 313 g/mol. The van der Waals surface area contributed by atoms with Crippen LogP contribution >= 0.6 is 12.2 Å². The number of carbonyl (C=O) groups excluding carboxylic acids is 2. The summed E-state index contributed by atoms with van der Waals surface area (Å²) in [7, 11) is 4.31. The molecule has 0 unspecified atom stereocenters. The second-order valence-electron chi connectivity index (χ2n) is 3.69. The molecule has 0 spiro atoms. The number of amides is 3. The van der Waals surface area contributed by atoms with E-state index in [4.69, 9.17) is 32.2 Å². The van der Waals surface area contributed by atoms with Gasteiger partial charge in [0.05, 0.1) is 21.3 Å². The Kier molecular flexibility index (Phi) is 5.73. The van der Waals surface area contributed by atoms with Crippen molar-refractivity contribution in [2.75, 3.05) is 21.3 Å². The van der Waals surface area contributed by atoms with Crippen LogP contribution in [-0.4, -0.2) is 38.4 Å². The van der Waals surface area contributed by atoms with Gasteiger partial charge in [0.25, 0.3) is 5.91 Å². The van der Waals surface area contributed by atoms with Gasteiger partial charge in [0.15, 0.2) is 16.6 Å². The van der Waals surface area contributed by atoms with E-state index in [0.717, 1.165) is 0 Å². The van der Waals surface area contributed by atoms with Crippen LogP contribution in [-0.2, 0) is 0 Å². The number of rotatable bonds is 4. The van der Waals surface area contributed by atoms with Gasteiger partial charge in [0.2, 0.25) is 5.75 Å². The molecule has 0 fully saturated rings. The van der Waals surface area contributed by atoms with Crippen molar-refractivity contribution < 1.29 is 23.8 Å². The molecule has 0 saturated carbocycles. The predicted molar refractivity (Wildman–Crippen MR) is 78.9 cm³/mol. The second-order valence-corrected chi connectivity index (χ2v) is 4.09. The van der Waals surface area contributed by atoms with E-state index in [0.29, 0.717) is 17.2 Å². The standard InChI is InChI=1S/C12H15N3O5S/c1-18-7-4-6(5-8(19-2)9(7)20-3)10(16)14-12(21)15-11(13)17/h4-5H,1-3H3,(H4,13,14,15,16,17,21). The largest absolute Gasteiger partial charge is 0.493 e. The first-order valence-corrected chi connectivity index (χ1v) is 6.05. The van der Waals surface area contributed by atoms with E-state index in [1.165, 1.54) is 33.5 Å². The SMILES string of the molecule is COc1cc(C(=O)NC(=S)NC(N)=O)cc(OC)c1OC. The summed E-state index contributed by atoms with van der Waals surface area (Å²) in [6.07, 6.45) is 0. The molecule has 0 aliphatic heterocycles. The van der Waals surface area contributed by atoms with Crippen LogP contribution in [0.15, 0.2) is 12.1 Å². The first kappa shape index (κ1) is 16.5. The fourth-order valence-corrected chi connectivity index (χ4v) is 1.72. The van der Waals surface area contributed by atoms with E-state index in [2.05, 4.69) is 10.6 Å². The third-order valence-electron chi connectivity index (χ3n) is 2.39. The molecule has 1 aromatic carbocycles. The van der Waals surface area contributed by atoms with Crippen LogP contribution < -0.4 is 30.6 Å². The Hall–Kier alpha value is -2.55. The molecule has 0 bridgehead atoms. The maximum atomic E-state index is 12.0. The maximum Gasteiger partial charge on any atom is 0.318 e. The number of nitrogens with one attached hydrogen (secondary N) is 2. The van der Waals surface area contributed by atoms with Crippen LogP contribution in [0.25, 0.3) is 0 Å². The zero-order valence-electron chi connectivity index (χ0n) is 11.7. The molecule has 8 nitrogen and oxygen atoms in total. The number of ether oxygens (including phenoxy) is 3. The highest BCUT2D eigenvalue weighted by Crippen LogP contribution is 2.38. The second kappa shape index (κ2) is 7.29. The Labute approximate surface area is 126 Å². The first-order chi connectivity index (χ1) is 9.92. The van der Waals surface area contributed by atoms with Crippen molar-refractivity contribution in [2.24, 2.45) is 5.73 Å². The van der Waals surface area contributed by atoms with Gasteiger partial charge in [0, 0.05) is 5.56 Å². The van der Waals surface area contributed by atoms with Gasteiger partial charge in [-0.1, -0.05) is 0 Å². The van der Waals surface area contributed by atoms with E-state index >= 15 is 0 Å². The van der Waals surface area contributed by atoms with Crippen LogP contribution in [0.1, 0.15) is 10.4 Å². The molecule has 114 valence electrons. The number of thiocarbonyl (C=S) groups is 1. The van der Waals surface area contributed by atoms with Crippen molar-refractivity contribution in [2.45, 2.75) is 0 Å². The molecule has 0 aliphatic rings. The van der Waals surface area contributed by atoms with Crippen molar-refractivity contribution in [1.82, 2.24) is 10.6 Å². The average Bonchev–Trinajstić information content (AvgIpc) is 2.44. The highest BCUT2D eigenvalue weighted by atomic mass is 32.1. The number of hydrogen-bond acceptors (Lipinski definition) is 6. The van der Waals surface area contributed by atoms with Crippen LogP contribution in [0, 0.1) is 0 Å². The van der Waals surface area contributed by atoms with Crippen molar-refractivity contribution in [3.8, 4) is 17.2 Å². The van der Waals surface area contributed by atoms with E-state index in [1.807, 2.05) is 0 Å². The van der Waals surface area contributed by atoms with Gasteiger partial charge in [-0.3, -0.25) is 15.4 Å². The molecule has 21 heavy (non-hydrogen) atoms. The van der Waals surface area contributed by atoms with E-state index in [-0.39, 0.29) is 10.7 Å². The number of hydrogen-bond donors (Lipinski definition) is 3. The predicted octanol–water partition coefficient (Wildman–Crippen LogP) is 0.395. The Morgan fingerprint density at radius 3 is 1.95 bits per heavy atom. The summed E-state index contributed by atoms with van der Waals surface area (Å²) >= 11 is 4.75. The topological polar surface area (TPSA) is 112 Å². The van der Waals surface area contributed by atoms with Crippen molar-refractivity contribution in [3.05, 3.63) is 17.7 Å². The van der Waals surface area contributed by atoms with Crippen molar-refractivity contribution in [1.29, 1.82) is 0 Å². The monoisotopic (exact) mass is 313 g/mol. The van der Waals surface area contributed by atoms with Crippen molar-refractivity contribution >= 4 is 29.3 Å². The van der Waals surface area contributed by atoms with Gasteiger partial charge in [-0.15, -0.1) is 0 Å². The molecule has 3 amide bonds. The number of primary amides is 1. The van der Waals surface area contributed by atoms with Crippen LogP contribution in [0.5, 0.6) is 17.2 Å². The summed E-state index contributed by atoms with van der Waals surface area (Å²) in [5, 5.41) is 4.16. The van der Waals surface area contributed by atoms with Gasteiger partial charge < -0.3 is 19.9 Å². The molecule has 9 heteroatoms. The molecule has 0 aliphatic carbocycles. The number of benzene rings is 1. The summed E-state index contributed by atoms with van der Waals surface area (Å²) in [5.74, 6) is 0.425. The fraction of sp³-hybridized carbons (Fsp3) is 0.250. The lowest BCUT2D eigenvalue weighted by atomic mass is 10.1. The van der Waals surface area contributed by atoms with E-state index < -0.39 is 11.9 Å². The third kappa shape index (κ3) is 4.21. The summed E-state index contributed by atoms with van der Waals surface area (Å²) in [6.45, 7) is 0. The van der Waals surface area contributed by atoms with Gasteiger partial charge in [-0.2, -0.15) is 0 Å². The molecule has 0 aromatic heterocycles. The van der Waals surface area contributed by atoms with E-state index in [1.54, 1.807) is 0 Å². The Morgan fingerprint density at radius 2 is 1.57 bits per heavy atom. The molecule has 0 atom stereocenters. The first-order valence-electron chi connectivity index (χ1n) is 5.64. The summed E-state index contributed by atoms with van der Waals surface area (Å²) in [4.78, 5) is 22.7. The lowest BCUT2D eigenvalue weighted by Gasteiger charge is -2.14. The minimum atomic E-state index is -0.870. The number of urea groups is 1. The zero-order chi connectivity index (χ0) is 16.0.